The van der Waals surface area contributed by atoms with E-state index in [9.17, 15) is 9.59 Å². The predicted molar refractivity (Wildman–Crippen MR) is 104 cm³/mol. The number of carbonyl (C=O) groups excluding carboxylic acids is 2. The first kappa shape index (κ1) is 18.1. The van der Waals surface area contributed by atoms with Crippen LogP contribution < -0.4 is 15.4 Å². The van der Waals surface area contributed by atoms with Gasteiger partial charge in [-0.15, -0.1) is 0 Å². The molecule has 2 N–H and O–H groups in total. The standard InChI is InChI=1S/C21H19N3O3/c1-14-7-5-8-15(13-14)22-20(25)17-10-6-11-18(23-17)21(26)24-16-9-3-4-12-19(16)27-2/h3-13H,1-2H3,(H,22,25)(H,24,26). The number of methoxy groups -OCH3 is 1. The Morgan fingerprint density at radius 3 is 2.22 bits per heavy atom. The molecular weight excluding hydrogens is 342 g/mol. The molecule has 0 aliphatic heterocycles. The van der Waals surface area contributed by atoms with Crippen LogP contribution in [-0.2, 0) is 0 Å². The van der Waals surface area contributed by atoms with Crippen LogP contribution in [0.4, 0.5) is 11.4 Å². The summed E-state index contributed by atoms with van der Waals surface area (Å²) in [6.45, 7) is 1.94. The maximum atomic E-state index is 12.5. The second kappa shape index (κ2) is 8.14. The van der Waals surface area contributed by atoms with E-state index >= 15 is 0 Å². The Balaban J connectivity index is 1.76. The van der Waals surface area contributed by atoms with Crippen LogP contribution in [0.2, 0.25) is 0 Å². The first-order valence-electron chi connectivity index (χ1n) is 8.36. The number of anilines is 2. The summed E-state index contributed by atoms with van der Waals surface area (Å²) in [6.07, 6.45) is 0. The smallest absolute Gasteiger partial charge is 0.274 e. The van der Waals surface area contributed by atoms with E-state index in [4.69, 9.17) is 4.74 Å². The van der Waals surface area contributed by atoms with Crippen LogP contribution in [0.5, 0.6) is 5.75 Å². The van der Waals surface area contributed by atoms with Gasteiger partial charge in [0.05, 0.1) is 12.8 Å². The number of hydrogen-bond acceptors (Lipinski definition) is 4. The minimum atomic E-state index is -0.426. The van der Waals surface area contributed by atoms with E-state index in [1.807, 2.05) is 31.2 Å². The Morgan fingerprint density at radius 1 is 0.852 bits per heavy atom. The van der Waals surface area contributed by atoms with Gasteiger partial charge in [-0.1, -0.05) is 30.3 Å². The first-order chi connectivity index (χ1) is 13.1. The van der Waals surface area contributed by atoms with Gasteiger partial charge in [-0.25, -0.2) is 4.98 Å². The van der Waals surface area contributed by atoms with E-state index in [0.717, 1.165) is 5.56 Å². The number of ether oxygens (including phenoxy) is 1. The number of aromatic nitrogens is 1. The third-order valence-electron chi connectivity index (χ3n) is 3.85. The van der Waals surface area contributed by atoms with Crippen molar-refractivity contribution < 1.29 is 14.3 Å². The van der Waals surface area contributed by atoms with Gasteiger partial charge in [0.2, 0.25) is 0 Å². The third kappa shape index (κ3) is 4.49. The Kier molecular flexibility index (Phi) is 5.47. The van der Waals surface area contributed by atoms with E-state index in [2.05, 4.69) is 15.6 Å². The number of amides is 2. The summed E-state index contributed by atoms with van der Waals surface area (Å²) in [7, 11) is 1.53. The van der Waals surface area contributed by atoms with Gasteiger partial charge in [-0.05, 0) is 48.9 Å². The van der Waals surface area contributed by atoms with Crippen LogP contribution in [0.25, 0.3) is 0 Å². The first-order valence-corrected chi connectivity index (χ1v) is 8.36. The zero-order valence-electron chi connectivity index (χ0n) is 15.0. The molecule has 1 heterocycles. The van der Waals surface area contributed by atoms with Crippen LogP contribution in [-0.4, -0.2) is 23.9 Å². The lowest BCUT2D eigenvalue weighted by Crippen LogP contribution is -2.18. The highest BCUT2D eigenvalue weighted by Gasteiger charge is 2.14. The largest absolute Gasteiger partial charge is 0.495 e. The van der Waals surface area contributed by atoms with Crippen molar-refractivity contribution >= 4 is 23.2 Å². The number of benzene rings is 2. The van der Waals surface area contributed by atoms with Gasteiger partial charge in [0.15, 0.2) is 0 Å². The lowest BCUT2D eigenvalue weighted by atomic mass is 10.2. The number of para-hydroxylation sites is 2. The maximum Gasteiger partial charge on any atom is 0.274 e. The van der Waals surface area contributed by atoms with Crippen molar-refractivity contribution in [2.24, 2.45) is 0 Å². The molecule has 0 aliphatic carbocycles. The molecule has 1 aromatic heterocycles. The number of hydrogen-bond donors (Lipinski definition) is 2. The highest BCUT2D eigenvalue weighted by atomic mass is 16.5. The van der Waals surface area contributed by atoms with Crippen molar-refractivity contribution in [2.75, 3.05) is 17.7 Å². The van der Waals surface area contributed by atoms with Crippen molar-refractivity contribution in [1.29, 1.82) is 0 Å². The van der Waals surface area contributed by atoms with Gasteiger partial charge in [0.25, 0.3) is 11.8 Å². The number of carbonyl (C=O) groups is 2. The van der Waals surface area contributed by atoms with Crippen LogP contribution in [0.15, 0.2) is 66.7 Å². The molecule has 0 spiro atoms. The normalized spacial score (nSPS) is 10.1. The number of rotatable bonds is 5. The molecule has 0 saturated heterocycles. The molecule has 27 heavy (non-hydrogen) atoms. The molecule has 6 heteroatoms. The molecule has 2 amide bonds. The summed E-state index contributed by atoms with van der Waals surface area (Å²) >= 11 is 0. The molecule has 0 bridgehead atoms. The molecule has 0 unspecified atom stereocenters. The van der Waals surface area contributed by atoms with Crippen molar-refractivity contribution in [3.63, 3.8) is 0 Å². The molecule has 0 fully saturated rings. The Morgan fingerprint density at radius 2 is 1.52 bits per heavy atom. The molecule has 0 radical (unpaired) electrons. The summed E-state index contributed by atoms with van der Waals surface area (Å²) < 4.78 is 5.22. The fourth-order valence-electron chi connectivity index (χ4n) is 2.54. The number of nitrogens with zero attached hydrogens (tertiary/aromatic N) is 1. The van der Waals surface area contributed by atoms with Gasteiger partial charge in [-0.2, -0.15) is 0 Å². The molecule has 2 aromatic carbocycles. The van der Waals surface area contributed by atoms with Crippen LogP contribution in [0, 0.1) is 6.92 Å². The minimum Gasteiger partial charge on any atom is -0.495 e. The van der Waals surface area contributed by atoms with Gasteiger partial charge < -0.3 is 15.4 Å². The van der Waals surface area contributed by atoms with E-state index in [-0.39, 0.29) is 17.3 Å². The van der Waals surface area contributed by atoms with Crippen LogP contribution in [0.3, 0.4) is 0 Å². The quantitative estimate of drug-likeness (QED) is 0.722. The van der Waals surface area contributed by atoms with Gasteiger partial charge in [0, 0.05) is 5.69 Å². The fourth-order valence-corrected chi connectivity index (χ4v) is 2.54. The van der Waals surface area contributed by atoms with E-state index in [0.29, 0.717) is 17.1 Å². The fraction of sp³-hybridized carbons (Fsp3) is 0.0952. The summed E-state index contributed by atoms with van der Waals surface area (Å²) in [6, 6.07) is 19.3. The Hall–Kier alpha value is -3.67. The second-order valence-corrected chi connectivity index (χ2v) is 5.89. The highest BCUT2D eigenvalue weighted by Crippen LogP contribution is 2.23. The maximum absolute atomic E-state index is 12.5. The number of nitrogens with one attached hydrogen (secondary N) is 2. The van der Waals surface area contributed by atoms with Gasteiger partial charge >= 0.3 is 0 Å². The summed E-state index contributed by atoms with van der Waals surface area (Å²) in [5.74, 6) is -0.267. The number of pyridine rings is 1. The van der Waals surface area contributed by atoms with Crippen molar-refractivity contribution in [1.82, 2.24) is 4.98 Å². The van der Waals surface area contributed by atoms with E-state index in [1.54, 1.807) is 42.5 Å². The summed E-state index contributed by atoms with van der Waals surface area (Å²) in [5, 5.41) is 5.52. The average molecular weight is 361 g/mol. The summed E-state index contributed by atoms with van der Waals surface area (Å²) in [4.78, 5) is 29.1. The predicted octanol–water partition coefficient (Wildman–Crippen LogP) is 3.90. The number of aryl methyl sites for hydroxylation is 1. The van der Waals surface area contributed by atoms with Crippen molar-refractivity contribution in [3.05, 3.63) is 83.7 Å². The van der Waals surface area contributed by atoms with Gasteiger partial charge in [0.1, 0.15) is 17.1 Å². The van der Waals surface area contributed by atoms with E-state index in [1.165, 1.54) is 7.11 Å². The SMILES string of the molecule is COc1ccccc1NC(=O)c1cccc(C(=O)Nc2cccc(C)c2)n1. The van der Waals surface area contributed by atoms with Crippen LogP contribution in [0.1, 0.15) is 26.5 Å². The Labute approximate surface area is 157 Å². The molecule has 3 rings (SSSR count). The lowest BCUT2D eigenvalue weighted by molar-refractivity contribution is 0.101. The molecule has 0 saturated carbocycles. The highest BCUT2D eigenvalue weighted by molar-refractivity contribution is 6.06. The molecule has 3 aromatic rings. The monoisotopic (exact) mass is 361 g/mol. The van der Waals surface area contributed by atoms with E-state index < -0.39 is 5.91 Å². The molecule has 136 valence electrons. The zero-order valence-corrected chi connectivity index (χ0v) is 15.0. The lowest BCUT2D eigenvalue weighted by Gasteiger charge is -2.10. The second-order valence-electron chi connectivity index (χ2n) is 5.89. The molecule has 0 atom stereocenters. The van der Waals surface area contributed by atoms with Crippen LogP contribution >= 0.6 is 0 Å². The summed E-state index contributed by atoms with van der Waals surface area (Å²) in [5.41, 5.74) is 2.53. The minimum absolute atomic E-state index is 0.137. The van der Waals surface area contributed by atoms with Crippen molar-refractivity contribution in [2.45, 2.75) is 6.92 Å². The molecule has 6 nitrogen and oxygen atoms in total. The zero-order chi connectivity index (χ0) is 19.2. The average Bonchev–Trinajstić information content (AvgIpc) is 2.68. The molecule has 0 aliphatic rings. The topological polar surface area (TPSA) is 80.3 Å². The van der Waals surface area contributed by atoms with Gasteiger partial charge in [-0.3, -0.25) is 9.59 Å². The van der Waals surface area contributed by atoms with Crippen molar-refractivity contribution in [3.8, 4) is 5.75 Å². The molecular formula is C21H19N3O3. The Bertz CT molecular complexity index is 986. The third-order valence-corrected chi connectivity index (χ3v) is 3.85.